The van der Waals surface area contributed by atoms with Crippen LogP contribution in [-0.4, -0.2) is 7.11 Å². The molecule has 0 aliphatic heterocycles. The summed E-state index contributed by atoms with van der Waals surface area (Å²) in [6, 6.07) is 9.96. The summed E-state index contributed by atoms with van der Waals surface area (Å²) >= 11 is 0. The average molecular weight is 260 g/mol. The number of aryl methyl sites for hydroxylation is 1. The minimum absolute atomic E-state index is 0.0185. The monoisotopic (exact) mass is 260 g/mol. The van der Waals surface area contributed by atoms with E-state index < -0.39 is 0 Å². The van der Waals surface area contributed by atoms with Gasteiger partial charge < -0.3 is 9.15 Å². The smallest absolute Gasteiger partial charge is 0.122 e. The van der Waals surface area contributed by atoms with Gasteiger partial charge in [-0.15, -0.1) is 0 Å². The van der Waals surface area contributed by atoms with E-state index in [1.54, 1.807) is 13.4 Å². The second kappa shape index (κ2) is 6.41. The summed E-state index contributed by atoms with van der Waals surface area (Å²) in [5.41, 5.74) is 5.09. The molecule has 1 heterocycles. The van der Waals surface area contributed by atoms with E-state index in [1.807, 2.05) is 24.3 Å². The third kappa shape index (κ3) is 2.97. The topological polar surface area (TPSA) is 60.4 Å². The van der Waals surface area contributed by atoms with Crippen LogP contribution in [0.2, 0.25) is 0 Å². The number of nitrogens with two attached hydrogens (primary N) is 1. The van der Waals surface area contributed by atoms with Gasteiger partial charge in [-0.1, -0.05) is 25.1 Å². The van der Waals surface area contributed by atoms with Crippen LogP contribution in [0.15, 0.2) is 41.0 Å². The Morgan fingerprint density at radius 2 is 2.11 bits per heavy atom. The van der Waals surface area contributed by atoms with Gasteiger partial charge in [0.25, 0.3) is 0 Å². The number of rotatable bonds is 6. The van der Waals surface area contributed by atoms with E-state index in [0.29, 0.717) is 0 Å². The standard InChI is InChI=1S/C15H20N2O2/c1-3-14-12(8-9-19-14)13(17-16)10-11-6-4-5-7-15(11)18-2/h4-9,13,17H,3,10,16H2,1-2H3. The summed E-state index contributed by atoms with van der Waals surface area (Å²) in [6.07, 6.45) is 3.32. The second-order valence-corrected chi connectivity index (χ2v) is 4.39. The van der Waals surface area contributed by atoms with E-state index in [4.69, 9.17) is 15.0 Å². The summed E-state index contributed by atoms with van der Waals surface area (Å²) in [4.78, 5) is 0. The molecule has 0 radical (unpaired) electrons. The summed E-state index contributed by atoms with van der Waals surface area (Å²) in [5, 5.41) is 0. The van der Waals surface area contributed by atoms with E-state index in [1.165, 1.54) is 0 Å². The van der Waals surface area contributed by atoms with Crippen LogP contribution in [0.25, 0.3) is 0 Å². The number of hydrogen-bond acceptors (Lipinski definition) is 4. The number of hydrogen-bond donors (Lipinski definition) is 2. The fourth-order valence-corrected chi connectivity index (χ4v) is 2.30. The zero-order valence-corrected chi connectivity index (χ0v) is 11.3. The third-order valence-corrected chi connectivity index (χ3v) is 3.29. The van der Waals surface area contributed by atoms with E-state index in [2.05, 4.69) is 18.4 Å². The van der Waals surface area contributed by atoms with Gasteiger partial charge in [0.1, 0.15) is 11.5 Å². The largest absolute Gasteiger partial charge is 0.496 e. The van der Waals surface area contributed by atoms with E-state index in [-0.39, 0.29) is 6.04 Å². The normalized spacial score (nSPS) is 12.4. The number of ether oxygens (including phenoxy) is 1. The van der Waals surface area contributed by atoms with Gasteiger partial charge in [-0.3, -0.25) is 11.3 Å². The molecule has 3 N–H and O–H groups in total. The van der Waals surface area contributed by atoms with Crippen LogP contribution >= 0.6 is 0 Å². The summed E-state index contributed by atoms with van der Waals surface area (Å²) in [7, 11) is 1.68. The molecular weight excluding hydrogens is 240 g/mol. The molecule has 1 aromatic carbocycles. The van der Waals surface area contributed by atoms with Gasteiger partial charge in [-0.2, -0.15) is 0 Å². The Hall–Kier alpha value is -1.78. The van der Waals surface area contributed by atoms with E-state index >= 15 is 0 Å². The first-order chi connectivity index (χ1) is 9.30. The van der Waals surface area contributed by atoms with Crippen molar-refractivity contribution in [2.45, 2.75) is 25.8 Å². The van der Waals surface area contributed by atoms with Crippen LogP contribution in [0, 0.1) is 0 Å². The Kier molecular flexibility index (Phi) is 4.60. The fraction of sp³-hybridized carbons (Fsp3) is 0.333. The molecule has 0 saturated carbocycles. The highest BCUT2D eigenvalue weighted by Crippen LogP contribution is 2.27. The first-order valence-corrected chi connectivity index (χ1v) is 6.44. The lowest BCUT2D eigenvalue weighted by molar-refractivity contribution is 0.405. The van der Waals surface area contributed by atoms with Crippen LogP contribution in [0.4, 0.5) is 0 Å². The van der Waals surface area contributed by atoms with Crippen LogP contribution in [0.1, 0.15) is 29.9 Å². The SMILES string of the molecule is CCc1occc1C(Cc1ccccc1OC)NN. The van der Waals surface area contributed by atoms with Crippen molar-refractivity contribution < 1.29 is 9.15 Å². The van der Waals surface area contributed by atoms with Crippen LogP contribution in [0.5, 0.6) is 5.75 Å². The molecule has 0 aliphatic rings. The van der Waals surface area contributed by atoms with Gasteiger partial charge >= 0.3 is 0 Å². The number of furan rings is 1. The molecule has 2 rings (SSSR count). The van der Waals surface area contributed by atoms with Gasteiger partial charge in [-0.25, -0.2) is 0 Å². The molecule has 4 nitrogen and oxygen atoms in total. The molecule has 1 aromatic heterocycles. The lowest BCUT2D eigenvalue weighted by Gasteiger charge is -2.17. The molecule has 0 spiro atoms. The van der Waals surface area contributed by atoms with Crippen molar-refractivity contribution in [3.63, 3.8) is 0 Å². The van der Waals surface area contributed by atoms with Crippen molar-refractivity contribution in [2.75, 3.05) is 7.11 Å². The summed E-state index contributed by atoms with van der Waals surface area (Å²) in [6.45, 7) is 2.07. The lowest BCUT2D eigenvalue weighted by atomic mass is 9.98. The second-order valence-electron chi connectivity index (χ2n) is 4.39. The Labute approximate surface area is 113 Å². The lowest BCUT2D eigenvalue weighted by Crippen LogP contribution is -2.30. The van der Waals surface area contributed by atoms with Crippen molar-refractivity contribution >= 4 is 0 Å². The van der Waals surface area contributed by atoms with Gasteiger partial charge in [0.15, 0.2) is 0 Å². The zero-order valence-electron chi connectivity index (χ0n) is 11.3. The number of methoxy groups -OCH3 is 1. The maximum Gasteiger partial charge on any atom is 0.122 e. The Morgan fingerprint density at radius 3 is 2.79 bits per heavy atom. The highest BCUT2D eigenvalue weighted by atomic mass is 16.5. The quantitative estimate of drug-likeness (QED) is 0.619. The molecule has 1 unspecified atom stereocenters. The molecule has 0 bridgehead atoms. The fourth-order valence-electron chi connectivity index (χ4n) is 2.30. The number of benzene rings is 1. The van der Waals surface area contributed by atoms with E-state index in [0.717, 1.165) is 35.5 Å². The van der Waals surface area contributed by atoms with Gasteiger partial charge in [0, 0.05) is 12.0 Å². The molecule has 0 aliphatic carbocycles. The first-order valence-electron chi connectivity index (χ1n) is 6.44. The predicted molar refractivity (Wildman–Crippen MR) is 74.8 cm³/mol. The van der Waals surface area contributed by atoms with Gasteiger partial charge in [0.05, 0.1) is 19.4 Å². The van der Waals surface area contributed by atoms with Gasteiger partial charge in [-0.05, 0) is 24.1 Å². The summed E-state index contributed by atoms with van der Waals surface area (Å²) < 4.78 is 10.8. The maximum absolute atomic E-state index is 5.69. The minimum Gasteiger partial charge on any atom is -0.496 e. The minimum atomic E-state index is 0.0185. The number of hydrazine groups is 1. The highest BCUT2D eigenvalue weighted by molar-refractivity contribution is 5.35. The van der Waals surface area contributed by atoms with Crippen molar-refractivity contribution in [3.8, 4) is 5.75 Å². The molecule has 0 amide bonds. The zero-order chi connectivity index (χ0) is 13.7. The van der Waals surface area contributed by atoms with Crippen molar-refractivity contribution in [1.82, 2.24) is 5.43 Å². The molecular formula is C15H20N2O2. The molecule has 4 heteroatoms. The van der Waals surface area contributed by atoms with Crippen LogP contribution in [0.3, 0.4) is 0 Å². The Morgan fingerprint density at radius 1 is 1.32 bits per heavy atom. The van der Waals surface area contributed by atoms with Crippen molar-refractivity contribution in [2.24, 2.45) is 5.84 Å². The Balaban J connectivity index is 2.24. The third-order valence-electron chi connectivity index (χ3n) is 3.29. The first kappa shape index (κ1) is 13.6. The number of nitrogens with one attached hydrogen (secondary N) is 1. The van der Waals surface area contributed by atoms with Gasteiger partial charge in [0.2, 0.25) is 0 Å². The van der Waals surface area contributed by atoms with Crippen molar-refractivity contribution in [3.05, 3.63) is 53.5 Å². The molecule has 0 saturated heterocycles. The molecule has 1 atom stereocenters. The van der Waals surface area contributed by atoms with Crippen LogP contribution in [-0.2, 0) is 12.8 Å². The molecule has 102 valence electrons. The maximum atomic E-state index is 5.69. The molecule has 2 aromatic rings. The predicted octanol–water partition coefficient (Wildman–Crippen LogP) is 2.60. The molecule has 0 fully saturated rings. The highest BCUT2D eigenvalue weighted by Gasteiger charge is 2.17. The Bertz CT molecular complexity index is 522. The molecule has 19 heavy (non-hydrogen) atoms. The number of para-hydroxylation sites is 1. The average Bonchev–Trinajstić information content (AvgIpc) is 2.93. The van der Waals surface area contributed by atoms with E-state index in [9.17, 15) is 0 Å². The van der Waals surface area contributed by atoms with Crippen molar-refractivity contribution in [1.29, 1.82) is 0 Å². The van der Waals surface area contributed by atoms with Crippen LogP contribution < -0.4 is 16.0 Å². The summed E-state index contributed by atoms with van der Waals surface area (Å²) in [5.74, 6) is 7.54.